The standard InChI is InChI=1S/C9H9F3.C5H7NO3/c1-4-5(2)8(11)9(12)6(3)7(4)10;1-6-4(7)2-3-5(8)9/h1-3H3;2-3H,1H3,(H,6,7)(H,8,9)/b;3-2-. The molecule has 0 saturated carbocycles. The van der Waals surface area contributed by atoms with Crippen LogP contribution in [0.3, 0.4) is 0 Å². The SMILES string of the molecule is CNC(=O)/C=C\C(=O)O.Cc1c(C)c(F)c(F)c(C)c1F. The topological polar surface area (TPSA) is 66.4 Å². The predicted molar refractivity (Wildman–Crippen MR) is 71.4 cm³/mol. The van der Waals surface area contributed by atoms with Crippen LogP contribution in [0.5, 0.6) is 0 Å². The summed E-state index contributed by atoms with van der Waals surface area (Å²) in [6.07, 6.45) is 1.72. The van der Waals surface area contributed by atoms with Crippen molar-refractivity contribution in [2.24, 2.45) is 0 Å². The lowest BCUT2D eigenvalue weighted by atomic mass is 10.0. The number of aliphatic carboxylic acids is 1. The van der Waals surface area contributed by atoms with E-state index in [1.807, 2.05) is 0 Å². The van der Waals surface area contributed by atoms with Gasteiger partial charge in [0.15, 0.2) is 11.6 Å². The van der Waals surface area contributed by atoms with Crippen LogP contribution < -0.4 is 5.32 Å². The molecule has 21 heavy (non-hydrogen) atoms. The summed E-state index contributed by atoms with van der Waals surface area (Å²) in [5.41, 5.74) is -0.0439. The highest BCUT2D eigenvalue weighted by Crippen LogP contribution is 2.22. The van der Waals surface area contributed by atoms with E-state index in [2.05, 4.69) is 5.32 Å². The van der Waals surface area contributed by atoms with Gasteiger partial charge in [0.2, 0.25) is 5.91 Å². The van der Waals surface area contributed by atoms with E-state index in [0.29, 0.717) is 0 Å². The highest BCUT2D eigenvalue weighted by Gasteiger charge is 2.16. The van der Waals surface area contributed by atoms with Gasteiger partial charge in [-0.3, -0.25) is 4.79 Å². The first-order valence-corrected chi connectivity index (χ1v) is 5.86. The van der Waals surface area contributed by atoms with Crippen molar-refractivity contribution < 1.29 is 27.9 Å². The number of carbonyl (C=O) groups excluding carboxylic acids is 1. The molecule has 0 saturated heterocycles. The molecule has 2 N–H and O–H groups in total. The molecule has 0 aliphatic carbocycles. The van der Waals surface area contributed by atoms with Crippen LogP contribution in [0.1, 0.15) is 16.7 Å². The Balaban J connectivity index is 0.000000400. The third-order valence-electron chi connectivity index (χ3n) is 2.70. The van der Waals surface area contributed by atoms with Crippen LogP contribution in [0.25, 0.3) is 0 Å². The van der Waals surface area contributed by atoms with Crippen molar-refractivity contribution in [1.82, 2.24) is 5.32 Å². The Morgan fingerprint density at radius 2 is 1.33 bits per heavy atom. The van der Waals surface area contributed by atoms with E-state index in [0.717, 1.165) is 12.2 Å². The molecule has 1 aromatic carbocycles. The molecule has 0 aliphatic rings. The Labute approximate surface area is 120 Å². The molecule has 0 aromatic heterocycles. The highest BCUT2D eigenvalue weighted by atomic mass is 19.2. The van der Waals surface area contributed by atoms with Gasteiger partial charge < -0.3 is 10.4 Å². The van der Waals surface area contributed by atoms with Gasteiger partial charge in [-0.2, -0.15) is 0 Å². The zero-order valence-corrected chi connectivity index (χ0v) is 12.1. The fourth-order valence-electron chi connectivity index (χ4n) is 1.27. The van der Waals surface area contributed by atoms with Gasteiger partial charge in [0.25, 0.3) is 0 Å². The maximum atomic E-state index is 13.0. The van der Waals surface area contributed by atoms with Crippen molar-refractivity contribution in [3.8, 4) is 0 Å². The van der Waals surface area contributed by atoms with Gasteiger partial charge in [0.05, 0.1) is 0 Å². The van der Waals surface area contributed by atoms with Crippen molar-refractivity contribution in [2.75, 3.05) is 7.05 Å². The smallest absolute Gasteiger partial charge is 0.328 e. The molecule has 1 aromatic rings. The minimum absolute atomic E-state index is 0.0376. The van der Waals surface area contributed by atoms with Crippen molar-refractivity contribution >= 4 is 11.9 Å². The van der Waals surface area contributed by atoms with Crippen LogP contribution in [0, 0.1) is 38.2 Å². The Morgan fingerprint density at radius 1 is 0.905 bits per heavy atom. The van der Waals surface area contributed by atoms with Gasteiger partial charge in [-0.1, -0.05) is 0 Å². The first-order chi connectivity index (χ1) is 9.63. The Morgan fingerprint density at radius 3 is 1.76 bits per heavy atom. The second-order valence-corrected chi connectivity index (χ2v) is 4.10. The lowest BCUT2D eigenvalue weighted by Gasteiger charge is -2.07. The molecule has 0 aliphatic heterocycles. The molecule has 0 unspecified atom stereocenters. The summed E-state index contributed by atoms with van der Waals surface area (Å²) in [6, 6.07) is 0. The number of carboxylic acid groups (broad SMARTS) is 1. The number of benzene rings is 1. The van der Waals surface area contributed by atoms with Gasteiger partial charge in [0, 0.05) is 24.8 Å². The van der Waals surface area contributed by atoms with Crippen LogP contribution >= 0.6 is 0 Å². The van der Waals surface area contributed by atoms with Crippen LogP contribution in [-0.2, 0) is 9.59 Å². The Hall–Kier alpha value is -2.31. The number of hydrogen-bond donors (Lipinski definition) is 2. The maximum absolute atomic E-state index is 13.0. The number of hydrogen-bond acceptors (Lipinski definition) is 2. The van der Waals surface area contributed by atoms with Crippen molar-refractivity contribution in [3.63, 3.8) is 0 Å². The average Bonchev–Trinajstić information content (AvgIpc) is 2.47. The van der Waals surface area contributed by atoms with Gasteiger partial charge in [-0.15, -0.1) is 0 Å². The molecule has 0 radical (unpaired) electrons. The second-order valence-electron chi connectivity index (χ2n) is 4.10. The Kier molecular flexibility index (Phi) is 7.19. The lowest BCUT2D eigenvalue weighted by molar-refractivity contribution is -0.131. The fourth-order valence-corrected chi connectivity index (χ4v) is 1.27. The molecule has 116 valence electrons. The van der Waals surface area contributed by atoms with E-state index < -0.39 is 29.3 Å². The summed E-state index contributed by atoms with van der Waals surface area (Å²) in [6.45, 7) is 4.01. The zero-order valence-electron chi connectivity index (χ0n) is 12.1. The quantitative estimate of drug-likeness (QED) is 0.651. The van der Waals surface area contributed by atoms with Crippen molar-refractivity contribution in [3.05, 3.63) is 46.3 Å². The van der Waals surface area contributed by atoms with E-state index in [1.54, 1.807) is 0 Å². The van der Waals surface area contributed by atoms with Crippen molar-refractivity contribution in [2.45, 2.75) is 20.8 Å². The van der Waals surface area contributed by atoms with E-state index in [-0.39, 0.29) is 16.7 Å². The summed E-state index contributed by atoms with van der Waals surface area (Å²) >= 11 is 0. The van der Waals surface area contributed by atoms with Crippen molar-refractivity contribution in [1.29, 1.82) is 0 Å². The predicted octanol–water partition coefficient (Wildman–Crippen LogP) is 2.40. The van der Waals surface area contributed by atoms with Gasteiger partial charge in [-0.05, 0) is 31.9 Å². The number of carboxylic acids is 1. The highest BCUT2D eigenvalue weighted by molar-refractivity contribution is 5.93. The third-order valence-corrected chi connectivity index (χ3v) is 2.70. The number of nitrogens with one attached hydrogen (secondary N) is 1. The normalized spacial score (nSPS) is 10.0. The number of amides is 1. The van der Waals surface area contributed by atoms with Gasteiger partial charge >= 0.3 is 5.97 Å². The average molecular weight is 303 g/mol. The molecular formula is C14H16F3NO3. The lowest BCUT2D eigenvalue weighted by Crippen LogP contribution is -2.14. The monoisotopic (exact) mass is 303 g/mol. The first kappa shape index (κ1) is 18.7. The zero-order chi connectivity index (χ0) is 16.7. The molecule has 0 atom stereocenters. The van der Waals surface area contributed by atoms with Crippen LogP contribution in [0.2, 0.25) is 0 Å². The first-order valence-electron chi connectivity index (χ1n) is 5.86. The third kappa shape index (κ3) is 5.29. The Bertz CT molecular complexity index is 478. The fraction of sp³-hybridized carbons (Fsp3) is 0.286. The van der Waals surface area contributed by atoms with Gasteiger partial charge in [-0.25, -0.2) is 18.0 Å². The van der Waals surface area contributed by atoms with E-state index in [1.165, 1.54) is 27.8 Å². The minimum atomic E-state index is -1.13. The number of carbonyl (C=O) groups is 2. The van der Waals surface area contributed by atoms with Crippen LogP contribution in [0.4, 0.5) is 13.2 Å². The number of halogens is 3. The van der Waals surface area contributed by atoms with E-state index in [4.69, 9.17) is 5.11 Å². The molecule has 0 fully saturated rings. The van der Waals surface area contributed by atoms with E-state index in [9.17, 15) is 22.8 Å². The summed E-state index contributed by atoms with van der Waals surface area (Å²) in [5.74, 6) is -4.25. The number of likely N-dealkylation sites (N-methyl/N-ethyl adjacent to an activating group) is 1. The maximum Gasteiger partial charge on any atom is 0.328 e. The largest absolute Gasteiger partial charge is 0.478 e. The summed E-state index contributed by atoms with van der Waals surface area (Å²) in [7, 11) is 1.43. The molecule has 1 amide bonds. The minimum Gasteiger partial charge on any atom is -0.478 e. The second kappa shape index (κ2) is 8.08. The van der Waals surface area contributed by atoms with Crippen LogP contribution in [0.15, 0.2) is 12.2 Å². The summed E-state index contributed by atoms with van der Waals surface area (Å²) < 4.78 is 38.7. The summed E-state index contributed by atoms with van der Waals surface area (Å²) in [5, 5.41) is 10.2. The molecule has 4 nitrogen and oxygen atoms in total. The summed E-state index contributed by atoms with van der Waals surface area (Å²) in [4.78, 5) is 20.0. The molecule has 0 heterocycles. The molecular weight excluding hydrogens is 287 g/mol. The van der Waals surface area contributed by atoms with E-state index >= 15 is 0 Å². The van der Waals surface area contributed by atoms with Crippen LogP contribution in [-0.4, -0.2) is 24.0 Å². The molecule has 7 heteroatoms. The van der Waals surface area contributed by atoms with Gasteiger partial charge in [0.1, 0.15) is 5.82 Å². The molecule has 0 bridgehead atoms. The molecule has 1 rings (SSSR count). The number of rotatable bonds is 2. The molecule has 0 spiro atoms.